The molecule has 1 aliphatic heterocycles. The molecule has 2 bridgehead atoms. The van der Waals surface area contributed by atoms with E-state index in [1.165, 1.54) is 26.0 Å². The van der Waals surface area contributed by atoms with Gasteiger partial charge >= 0.3 is 11.9 Å². The number of aliphatic hydroxyl groups is 4. The fraction of sp³-hybridized carbons (Fsp3) is 0.621. The summed E-state index contributed by atoms with van der Waals surface area (Å²) >= 11 is 0. The molecule has 212 valence electrons. The van der Waals surface area contributed by atoms with E-state index in [9.17, 15) is 34.8 Å². The van der Waals surface area contributed by atoms with E-state index in [4.69, 9.17) is 14.2 Å². The van der Waals surface area contributed by atoms with Crippen molar-refractivity contribution in [1.29, 1.82) is 0 Å². The molecule has 0 spiro atoms. The number of hydrogen-bond acceptors (Lipinski definition) is 10. The lowest BCUT2D eigenvalue weighted by molar-refractivity contribution is -0.345. The van der Waals surface area contributed by atoms with Gasteiger partial charge in [0.05, 0.1) is 35.7 Å². The monoisotopic (exact) mass is 544 g/mol. The third-order valence-corrected chi connectivity index (χ3v) is 9.95. The van der Waals surface area contributed by atoms with Crippen LogP contribution in [-0.2, 0) is 23.8 Å². The van der Waals surface area contributed by atoms with Gasteiger partial charge in [0, 0.05) is 25.2 Å². The van der Waals surface area contributed by atoms with Crippen molar-refractivity contribution in [3.8, 4) is 0 Å². The highest BCUT2D eigenvalue weighted by Gasteiger charge is 2.77. The Morgan fingerprint density at radius 1 is 1.08 bits per heavy atom. The Balaban J connectivity index is 1.81. The highest BCUT2D eigenvalue weighted by Crippen LogP contribution is 2.63. The van der Waals surface area contributed by atoms with Crippen molar-refractivity contribution in [2.75, 3.05) is 6.61 Å². The lowest BCUT2D eigenvalue weighted by atomic mass is 9.44. The van der Waals surface area contributed by atoms with Crippen molar-refractivity contribution in [2.24, 2.45) is 16.7 Å². The molecule has 10 nitrogen and oxygen atoms in total. The molecule has 1 heterocycles. The van der Waals surface area contributed by atoms with Gasteiger partial charge < -0.3 is 34.6 Å². The van der Waals surface area contributed by atoms with Gasteiger partial charge in [-0.2, -0.15) is 0 Å². The van der Waals surface area contributed by atoms with E-state index >= 15 is 0 Å². The molecular formula is C29H36O10. The van der Waals surface area contributed by atoms with Crippen LogP contribution in [0.15, 0.2) is 41.5 Å². The van der Waals surface area contributed by atoms with Crippen LogP contribution >= 0.6 is 0 Å². The summed E-state index contributed by atoms with van der Waals surface area (Å²) in [4.78, 5) is 40.3. The zero-order valence-electron chi connectivity index (χ0n) is 22.7. The first-order valence-corrected chi connectivity index (χ1v) is 13.2. The summed E-state index contributed by atoms with van der Waals surface area (Å²) in [7, 11) is 0. The second-order valence-electron chi connectivity index (χ2n) is 12.2. The maximum absolute atomic E-state index is 14.3. The number of Topliss-reactive ketones (excluding diaryl/α,β-unsaturated/α-hetero) is 1. The molecule has 0 aromatic heterocycles. The number of fused-ring (bicyclic) bond motifs is 5. The first-order valence-electron chi connectivity index (χ1n) is 13.2. The first-order chi connectivity index (χ1) is 18.1. The lowest BCUT2D eigenvalue weighted by Crippen LogP contribution is -2.81. The summed E-state index contributed by atoms with van der Waals surface area (Å²) in [6, 6.07) is 8.08. The van der Waals surface area contributed by atoms with Gasteiger partial charge in [0.15, 0.2) is 11.4 Å². The van der Waals surface area contributed by atoms with Gasteiger partial charge in [0.25, 0.3) is 0 Å². The number of ether oxygens (including phenoxy) is 3. The van der Waals surface area contributed by atoms with Crippen LogP contribution in [-0.4, -0.2) is 86.5 Å². The van der Waals surface area contributed by atoms with Gasteiger partial charge in [-0.1, -0.05) is 32.0 Å². The summed E-state index contributed by atoms with van der Waals surface area (Å²) in [5, 5.41) is 46.7. The Hall–Kier alpha value is -2.63. The molecule has 10 heteroatoms. The van der Waals surface area contributed by atoms with Crippen molar-refractivity contribution in [2.45, 2.75) is 89.2 Å². The minimum Gasteiger partial charge on any atom is -0.455 e. The third kappa shape index (κ3) is 3.62. The van der Waals surface area contributed by atoms with Gasteiger partial charge in [0.2, 0.25) is 0 Å². The molecule has 5 rings (SSSR count). The molecule has 1 saturated heterocycles. The molecule has 4 N–H and O–H groups in total. The van der Waals surface area contributed by atoms with Crippen molar-refractivity contribution in [1.82, 2.24) is 0 Å². The molecule has 9 atom stereocenters. The van der Waals surface area contributed by atoms with Gasteiger partial charge in [-0.3, -0.25) is 9.59 Å². The van der Waals surface area contributed by atoms with Crippen LogP contribution in [0.5, 0.6) is 0 Å². The molecule has 3 aliphatic carbocycles. The minimum atomic E-state index is -2.07. The van der Waals surface area contributed by atoms with Crippen LogP contribution in [0.3, 0.4) is 0 Å². The SMILES string of the molecule is CC(=O)O[C@@]12CO[C@@H]1C[C@H](O)[C@@]1(C)C(=O)[C@H](O)C3=C(C)C(O)CC(O)([C@@H](OC(=O)c4ccccc4)[C@H]21)C3(C)C. The maximum Gasteiger partial charge on any atom is 0.338 e. The minimum absolute atomic E-state index is 0.0828. The molecule has 2 unspecified atom stereocenters. The molecule has 4 aliphatic rings. The fourth-order valence-corrected chi connectivity index (χ4v) is 7.66. The van der Waals surface area contributed by atoms with Gasteiger partial charge in [-0.25, -0.2) is 4.79 Å². The zero-order valence-corrected chi connectivity index (χ0v) is 22.7. The summed E-state index contributed by atoms with van der Waals surface area (Å²) in [6.45, 7) is 7.29. The summed E-state index contributed by atoms with van der Waals surface area (Å²) in [6.07, 6.45) is -7.26. The fourth-order valence-electron chi connectivity index (χ4n) is 7.66. The Morgan fingerprint density at radius 2 is 1.72 bits per heavy atom. The lowest BCUT2D eigenvalue weighted by Gasteiger charge is -2.67. The highest BCUT2D eigenvalue weighted by molar-refractivity contribution is 5.94. The Kier molecular flexibility index (Phi) is 6.40. The molecule has 2 saturated carbocycles. The molecule has 39 heavy (non-hydrogen) atoms. The van der Waals surface area contributed by atoms with Crippen molar-refractivity contribution < 1.29 is 49.0 Å². The van der Waals surface area contributed by atoms with Crippen LogP contribution in [0.2, 0.25) is 0 Å². The number of aliphatic hydroxyl groups excluding tert-OH is 3. The highest BCUT2D eigenvalue weighted by atomic mass is 16.6. The van der Waals surface area contributed by atoms with E-state index in [1.54, 1.807) is 39.0 Å². The average molecular weight is 545 g/mol. The molecular weight excluding hydrogens is 508 g/mol. The van der Waals surface area contributed by atoms with Crippen LogP contribution in [0.25, 0.3) is 0 Å². The number of hydrogen-bond donors (Lipinski definition) is 4. The van der Waals surface area contributed by atoms with Crippen molar-refractivity contribution >= 4 is 17.7 Å². The Labute approximate surface area is 226 Å². The largest absolute Gasteiger partial charge is 0.455 e. The van der Waals surface area contributed by atoms with Crippen LogP contribution < -0.4 is 0 Å². The summed E-state index contributed by atoms with van der Waals surface area (Å²) in [5.74, 6) is -3.60. The summed E-state index contributed by atoms with van der Waals surface area (Å²) < 4.78 is 17.7. The second-order valence-corrected chi connectivity index (χ2v) is 12.2. The molecule has 0 amide bonds. The smallest absolute Gasteiger partial charge is 0.338 e. The molecule has 0 radical (unpaired) electrons. The first kappa shape index (κ1) is 27.9. The standard InChI is InChI=1S/C29H36O10/c1-14-17(31)12-29(36)24(38-25(35)16-9-7-6-8-10-16)22-27(5,23(34)21(33)20(14)26(29,3)4)18(32)11-19-28(22,13-37-19)39-15(2)30/h6-10,17-19,21-22,24,31-33,36H,11-13H2,1-5H3/t17?,18-,19+,21+,22-,24-,27+,28-,29?/m0/s1. The topological polar surface area (TPSA) is 160 Å². The number of carbonyl (C=O) groups is 3. The van der Waals surface area contributed by atoms with Crippen molar-refractivity contribution in [3.63, 3.8) is 0 Å². The third-order valence-electron chi connectivity index (χ3n) is 9.95. The maximum atomic E-state index is 14.3. The number of benzene rings is 1. The Bertz CT molecular complexity index is 1240. The van der Waals surface area contributed by atoms with Crippen molar-refractivity contribution in [3.05, 3.63) is 47.0 Å². The second kappa shape index (κ2) is 8.94. The predicted octanol–water partition coefficient (Wildman–Crippen LogP) is 1.08. The molecule has 1 aromatic carbocycles. The quantitative estimate of drug-likeness (QED) is 0.320. The summed E-state index contributed by atoms with van der Waals surface area (Å²) in [5.41, 5.74) is -6.24. The van der Waals surface area contributed by atoms with Gasteiger partial charge in [-0.05, 0) is 37.1 Å². The molecule has 1 aromatic rings. The predicted molar refractivity (Wildman–Crippen MR) is 135 cm³/mol. The van der Waals surface area contributed by atoms with Crippen LogP contribution in [0, 0.1) is 16.7 Å². The number of carbonyl (C=O) groups excluding carboxylic acids is 3. The number of ketones is 1. The Morgan fingerprint density at radius 3 is 2.28 bits per heavy atom. The average Bonchev–Trinajstić information content (AvgIpc) is 2.87. The molecule has 3 fully saturated rings. The zero-order chi connectivity index (χ0) is 28.7. The number of rotatable bonds is 3. The normalized spacial score (nSPS) is 42.7. The van der Waals surface area contributed by atoms with Gasteiger partial charge in [-0.15, -0.1) is 0 Å². The van der Waals surface area contributed by atoms with E-state index in [0.717, 1.165) is 0 Å². The van der Waals surface area contributed by atoms with E-state index in [0.29, 0.717) is 5.57 Å². The van der Waals surface area contributed by atoms with Crippen LogP contribution in [0.4, 0.5) is 0 Å². The van der Waals surface area contributed by atoms with E-state index in [-0.39, 0.29) is 30.6 Å². The van der Waals surface area contributed by atoms with E-state index < -0.39 is 76.2 Å². The number of esters is 2. The van der Waals surface area contributed by atoms with Gasteiger partial charge in [0.1, 0.15) is 23.9 Å². The van der Waals surface area contributed by atoms with E-state index in [1.807, 2.05) is 0 Å². The van der Waals surface area contributed by atoms with Crippen LogP contribution in [0.1, 0.15) is 57.8 Å². The van der Waals surface area contributed by atoms with E-state index in [2.05, 4.69) is 0 Å².